The van der Waals surface area contributed by atoms with Crippen LogP contribution in [-0.4, -0.2) is 30.4 Å². The molecule has 0 saturated heterocycles. The first kappa shape index (κ1) is 14.7. The molecule has 1 aliphatic rings. The number of nitrogens with two attached hydrogens (primary N) is 1. The van der Waals surface area contributed by atoms with Crippen LogP contribution in [0.25, 0.3) is 5.57 Å². The summed E-state index contributed by atoms with van der Waals surface area (Å²) in [5.41, 5.74) is 4.49. The minimum absolute atomic E-state index is 0.121. The molecule has 0 radical (unpaired) electrons. The third-order valence-corrected chi connectivity index (χ3v) is 3.55. The molecule has 0 fully saturated rings. The van der Waals surface area contributed by atoms with Crippen molar-refractivity contribution in [3.8, 4) is 0 Å². The second kappa shape index (κ2) is 7.17. The Morgan fingerprint density at radius 2 is 2.10 bits per heavy atom. The van der Waals surface area contributed by atoms with Crippen LogP contribution >= 0.6 is 0 Å². The van der Waals surface area contributed by atoms with E-state index >= 15 is 0 Å². The van der Waals surface area contributed by atoms with Crippen molar-refractivity contribution in [1.82, 2.24) is 10.3 Å². The van der Waals surface area contributed by atoms with Crippen molar-refractivity contribution in [2.45, 2.75) is 19.3 Å². The van der Waals surface area contributed by atoms with E-state index in [4.69, 9.17) is 5.84 Å². The minimum atomic E-state index is -0.204. The van der Waals surface area contributed by atoms with Crippen molar-refractivity contribution in [1.29, 1.82) is 0 Å². The number of rotatable bonds is 5. The zero-order valence-corrected chi connectivity index (χ0v) is 11.4. The molecule has 1 aromatic rings. The maximum Gasteiger partial charge on any atom is 0.233 e. The van der Waals surface area contributed by atoms with Gasteiger partial charge in [-0.3, -0.25) is 15.1 Å². The molecule has 0 saturated carbocycles. The summed E-state index contributed by atoms with van der Waals surface area (Å²) in [6.07, 6.45) is 4.40. The first-order chi connectivity index (χ1) is 9.69. The molecule has 2 rings (SSSR count). The predicted octanol–water partition coefficient (Wildman–Crippen LogP) is 1.68. The van der Waals surface area contributed by atoms with Crippen molar-refractivity contribution in [3.63, 3.8) is 0 Å². The molecule has 0 atom stereocenters. The van der Waals surface area contributed by atoms with E-state index in [0.29, 0.717) is 6.42 Å². The van der Waals surface area contributed by atoms with Gasteiger partial charge in [0.15, 0.2) is 0 Å². The summed E-state index contributed by atoms with van der Waals surface area (Å²) in [4.78, 5) is 13.3. The maximum absolute atomic E-state index is 12.9. The summed E-state index contributed by atoms with van der Waals surface area (Å²) in [6, 6.07) is 6.63. The standard InChI is InChI=1S/C15H20FN3O/c16-14-5-3-12(4-6-14)13-7-10-19(11-8-13)9-1-2-15(20)18-17/h3-7H,1-2,8-11,17H2,(H,18,20). The SMILES string of the molecule is NNC(=O)CCCN1CC=C(c2ccc(F)cc2)CC1. The Morgan fingerprint density at radius 3 is 2.70 bits per heavy atom. The number of halogens is 1. The molecule has 108 valence electrons. The van der Waals surface area contributed by atoms with E-state index in [1.165, 1.54) is 17.7 Å². The number of amides is 1. The molecule has 3 N–H and O–H groups in total. The zero-order chi connectivity index (χ0) is 14.4. The van der Waals surface area contributed by atoms with Crippen LogP contribution in [0.1, 0.15) is 24.8 Å². The van der Waals surface area contributed by atoms with Crippen LogP contribution < -0.4 is 11.3 Å². The van der Waals surface area contributed by atoms with Crippen molar-refractivity contribution >= 4 is 11.5 Å². The second-order valence-electron chi connectivity index (χ2n) is 4.96. The van der Waals surface area contributed by atoms with Crippen LogP contribution in [0.15, 0.2) is 30.3 Å². The van der Waals surface area contributed by atoms with Gasteiger partial charge >= 0.3 is 0 Å². The zero-order valence-electron chi connectivity index (χ0n) is 11.4. The second-order valence-corrected chi connectivity index (χ2v) is 4.96. The number of hydrazine groups is 1. The van der Waals surface area contributed by atoms with Gasteiger partial charge in [-0.25, -0.2) is 10.2 Å². The lowest BCUT2D eigenvalue weighted by atomic mass is 9.99. The predicted molar refractivity (Wildman–Crippen MR) is 77.0 cm³/mol. The molecular weight excluding hydrogens is 257 g/mol. The molecule has 4 nitrogen and oxygen atoms in total. The number of carbonyl (C=O) groups is 1. The van der Waals surface area contributed by atoms with Crippen LogP contribution in [0.4, 0.5) is 4.39 Å². The largest absolute Gasteiger partial charge is 0.299 e. The Hall–Kier alpha value is -1.72. The Bertz CT molecular complexity index is 484. The average Bonchev–Trinajstić information content (AvgIpc) is 2.48. The van der Waals surface area contributed by atoms with Gasteiger partial charge in [0.2, 0.25) is 5.91 Å². The van der Waals surface area contributed by atoms with Gasteiger partial charge in [-0.2, -0.15) is 0 Å². The molecule has 0 spiro atoms. The third kappa shape index (κ3) is 4.15. The Labute approximate surface area is 118 Å². The van der Waals surface area contributed by atoms with E-state index in [9.17, 15) is 9.18 Å². The van der Waals surface area contributed by atoms with Crippen LogP contribution in [0, 0.1) is 5.82 Å². The summed E-state index contributed by atoms with van der Waals surface area (Å²) in [5, 5.41) is 0. The highest BCUT2D eigenvalue weighted by Gasteiger charge is 2.13. The van der Waals surface area contributed by atoms with Crippen LogP contribution in [0.3, 0.4) is 0 Å². The van der Waals surface area contributed by atoms with Crippen LogP contribution in [0.2, 0.25) is 0 Å². The fraction of sp³-hybridized carbons (Fsp3) is 0.400. The molecule has 1 aliphatic heterocycles. The molecular formula is C15H20FN3O. The van der Waals surface area contributed by atoms with E-state index in [1.54, 1.807) is 0 Å². The van der Waals surface area contributed by atoms with Gasteiger partial charge < -0.3 is 0 Å². The lowest BCUT2D eigenvalue weighted by Crippen LogP contribution is -2.32. The Balaban J connectivity index is 1.81. The number of hydrogen-bond donors (Lipinski definition) is 2. The molecule has 5 heteroatoms. The normalized spacial score (nSPS) is 15.8. The monoisotopic (exact) mass is 277 g/mol. The number of carbonyl (C=O) groups excluding carboxylic acids is 1. The van der Waals surface area contributed by atoms with Gasteiger partial charge in [0, 0.05) is 19.5 Å². The smallest absolute Gasteiger partial charge is 0.233 e. The third-order valence-electron chi connectivity index (χ3n) is 3.55. The van der Waals surface area contributed by atoms with Gasteiger partial charge in [0.1, 0.15) is 5.82 Å². The fourth-order valence-electron chi connectivity index (χ4n) is 2.38. The first-order valence-corrected chi connectivity index (χ1v) is 6.86. The van der Waals surface area contributed by atoms with Crippen LogP contribution in [-0.2, 0) is 4.79 Å². The van der Waals surface area contributed by atoms with E-state index in [0.717, 1.165) is 38.0 Å². The fourth-order valence-corrected chi connectivity index (χ4v) is 2.38. The van der Waals surface area contributed by atoms with E-state index in [2.05, 4.69) is 16.4 Å². The van der Waals surface area contributed by atoms with Crippen LogP contribution in [0.5, 0.6) is 0 Å². The number of benzene rings is 1. The first-order valence-electron chi connectivity index (χ1n) is 6.86. The van der Waals surface area contributed by atoms with Crippen molar-refractivity contribution < 1.29 is 9.18 Å². The highest BCUT2D eigenvalue weighted by atomic mass is 19.1. The van der Waals surface area contributed by atoms with Gasteiger partial charge in [0.25, 0.3) is 0 Å². The molecule has 1 heterocycles. The molecule has 0 aliphatic carbocycles. The molecule has 0 aromatic heterocycles. The molecule has 1 amide bonds. The average molecular weight is 277 g/mol. The lowest BCUT2D eigenvalue weighted by Gasteiger charge is -2.26. The topological polar surface area (TPSA) is 58.4 Å². The molecule has 0 bridgehead atoms. The number of nitrogens with one attached hydrogen (secondary N) is 1. The van der Waals surface area contributed by atoms with E-state index in [-0.39, 0.29) is 11.7 Å². The molecule has 20 heavy (non-hydrogen) atoms. The number of nitrogens with zero attached hydrogens (tertiary/aromatic N) is 1. The van der Waals surface area contributed by atoms with Gasteiger partial charge in [0.05, 0.1) is 0 Å². The highest BCUT2D eigenvalue weighted by Crippen LogP contribution is 2.22. The maximum atomic E-state index is 12.9. The highest BCUT2D eigenvalue weighted by molar-refractivity contribution is 5.75. The Kier molecular flexibility index (Phi) is 5.26. The lowest BCUT2D eigenvalue weighted by molar-refractivity contribution is -0.121. The van der Waals surface area contributed by atoms with Crippen molar-refractivity contribution in [3.05, 3.63) is 41.7 Å². The summed E-state index contributed by atoms with van der Waals surface area (Å²) in [6.45, 7) is 2.73. The van der Waals surface area contributed by atoms with E-state index in [1.807, 2.05) is 12.1 Å². The van der Waals surface area contributed by atoms with E-state index < -0.39 is 0 Å². The number of hydrogen-bond acceptors (Lipinski definition) is 3. The van der Waals surface area contributed by atoms with Crippen molar-refractivity contribution in [2.75, 3.05) is 19.6 Å². The summed E-state index contributed by atoms with van der Waals surface area (Å²) >= 11 is 0. The van der Waals surface area contributed by atoms with Gasteiger partial charge in [-0.15, -0.1) is 0 Å². The summed E-state index contributed by atoms with van der Waals surface area (Å²) < 4.78 is 12.9. The quantitative estimate of drug-likeness (QED) is 0.489. The summed E-state index contributed by atoms with van der Waals surface area (Å²) in [7, 11) is 0. The molecule has 0 unspecified atom stereocenters. The Morgan fingerprint density at radius 1 is 1.35 bits per heavy atom. The summed E-state index contributed by atoms with van der Waals surface area (Å²) in [5.74, 6) is 4.71. The van der Waals surface area contributed by atoms with Gasteiger partial charge in [-0.1, -0.05) is 18.2 Å². The minimum Gasteiger partial charge on any atom is -0.299 e. The van der Waals surface area contributed by atoms with Crippen molar-refractivity contribution in [2.24, 2.45) is 5.84 Å². The van der Waals surface area contributed by atoms with Gasteiger partial charge in [-0.05, 0) is 42.7 Å². The molecule has 1 aromatic carbocycles.